The van der Waals surface area contributed by atoms with Gasteiger partial charge in [-0.25, -0.2) is 4.99 Å². The van der Waals surface area contributed by atoms with Crippen molar-refractivity contribution in [2.75, 3.05) is 19.7 Å². The van der Waals surface area contributed by atoms with Gasteiger partial charge in [0.15, 0.2) is 5.96 Å². The molecule has 2 aromatic carbocycles. The van der Waals surface area contributed by atoms with Crippen molar-refractivity contribution < 1.29 is 4.74 Å². The van der Waals surface area contributed by atoms with Crippen molar-refractivity contribution in [1.82, 2.24) is 10.6 Å². The first kappa shape index (κ1) is 18.3. The van der Waals surface area contributed by atoms with Gasteiger partial charge in [0, 0.05) is 13.1 Å². The Morgan fingerprint density at radius 2 is 1.50 bits per heavy atom. The van der Waals surface area contributed by atoms with Crippen LogP contribution >= 0.6 is 0 Å². The highest BCUT2D eigenvalue weighted by atomic mass is 16.5. The molecule has 1 aliphatic rings. The van der Waals surface area contributed by atoms with E-state index >= 15 is 0 Å². The van der Waals surface area contributed by atoms with E-state index < -0.39 is 0 Å². The van der Waals surface area contributed by atoms with Gasteiger partial charge in [-0.2, -0.15) is 0 Å². The molecule has 0 saturated carbocycles. The van der Waals surface area contributed by atoms with Gasteiger partial charge < -0.3 is 15.4 Å². The van der Waals surface area contributed by atoms with Crippen LogP contribution < -0.4 is 15.4 Å². The monoisotopic (exact) mass is 351 g/mol. The highest BCUT2D eigenvalue weighted by Gasteiger charge is 2.04. The van der Waals surface area contributed by atoms with Gasteiger partial charge >= 0.3 is 0 Å². The molecule has 3 rings (SSSR count). The zero-order valence-electron chi connectivity index (χ0n) is 15.6. The van der Waals surface area contributed by atoms with Crippen molar-refractivity contribution in [3.63, 3.8) is 0 Å². The van der Waals surface area contributed by atoms with Crippen LogP contribution in [0.2, 0.25) is 0 Å². The van der Waals surface area contributed by atoms with Gasteiger partial charge in [0.05, 0.1) is 12.3 Å². The highest BCUT2D eigenvalue weighted by molar-refractivity contribution is 5.83. The molecule has 1 heterocycles. The van der Waals surface area contributed by atoms with E-state index in [1.807, 2.05) is 0 Å². The smallest absolute Gasteiger partial charge is 0.196 e. The predicted molar refractivity (Wildman–Crippen MR) is 108 cm³/mol. The fraction of sp³-hybridized carbons (Fsp3) is 0.409. The second kappa shape index (κ2) is 9.85. The maximum atomic E-state index is 5.72. The molecule has 0 aromatic heterocycles. The Bertz CT molecular complexity index is 684. The Morgan fingerprint density at radius 1 is 0.885 bits per heavy atom. The highest BCUT2D eigenvalue weighted by Crippen LogP contribution is 2.17. The van der Waals surface area contributed by atoms with Crippen LogP contribution in [0.1, 0.15) is 37.3 Å². The third-order valence-corrected chi connectivity index (χ3v) is 4.51. The average molecular weight is 351 g/mol. The Balaban J connectivity index is 1.48. The molecule has 26 heavy (non-hydrogen) atoms. The molecule has 4 nitrogen and oxygen atoms in total. The normalized spacial score (nSPS) is 13.7. The topological polar surface area (TPSA) is 45.6 Å². The summed E-state index contributed by atoms with van der Waals surface area (Å²) in [5.41, 5.74) is 3.66. The molecule has 0 radical (unpaired) electrons. The van der Waals surface area contributed by atoms with Crippen LogP contribution in [0.25, 0.3) is 0 Å². The second-order valence-electron chi connectivity index (χ2n) is 6.68. The lowest BCUT2D eigenvalue weighted by atomic mass is 10.0. The number of aryl methyl sites for hydroxylation is 2. The molecular formula is C22H29N3O. The largest absolute Gasteiger partial charge is 0.494 e. The third kappa shape index (κ3) is 5.80. The van der Waals surface area contributed by atoms with Crippen LogP contribution in [-0.2, 0) is 12.8 Å². The summed E-state index contributed by atoms with van der Waals surface area (Å²) in [4.78, 5) is 4.60. The third-order valence-electron chi connectivity index (χ3n) is 4.51. The molecule has 1 aliphatic heterocycles. The molecule has 4 heteroatoms. The fourth-order valence-corrected chi connectivity index (χ4v) is 2.89. The number of nitrogens with one attached hydrogen (secondary N) is 2. The minimum Gasteiger partial charge on any atom is -0.494 e. The summed E-state index contributed by atoms with van der Waals surface area (Å²) >= 11 is 0. The van der Waals surface area contributed by atoms with Crippen molar-refractivity contribution in [3.05, 3.63) is 59.7 Å². The number of benzene rings is 2. The molecule has 0 unspecified atom stereocenters. The van der Waals surface area contributed by atoms with Crippen LogP contribution in [0.5, 0.6) is 5.75 Å². The summed E-state index contributed by atoms with van der Waals surface area (Å²) in [6.45, 7) is 4.96. The van der Waals surface area contributed by atoms with Crippen LogP contribution in [0.3, 0.4) is 0 Å². The van der Waals surface area contributed by atoms with Gasteiger partial charge in [-0.15, -0.1) is 0 Å². The number of hydrogen-bond donors (Lipinski definition) is 2. The van der Waals surface area contributed by atoms with Crippen LogP contribution in [0.15, 0.2) is 53.5 Å². The van der Waals surface area contributed by atoms with E-state index in [-0.39, 0.29) is 0 Å². The lowest BCUT2D eigenvalue weighted by Crippen LogP contribution is -2.43. The van der Waals surface area contributed by atoms with Crippen molar-refractivity contribution in [3.8, 4) is 5.75 Å². The van der Waals surface area contributed by atoms with Gasteiger partial charge in [0.1, 0.15) is 5.75 Å². The van der Waals surface area contributed by atoms with E-state index in [9.17, 15) is 0 Å². The molecule has 2 N–H and O–H groups in total. The Hall–Kier alpha value is -2.49. The molecule has 0 amide bonds. The Labute approximate surface area is 156 Å². The van der Waals surface area contributed by atoms with Crippen LogP contribution in [-0.4, -0.2) is 25.7 Å². The van der Waals surface area contributed by atoms with E-state index in [4.69, 9.17) is 4.74 Å². The number of nitrogens with zero attached hydrogens (tertiary/aromatic N) is 1. The standard InChI is InChI=1S/C22H29N3O/c1-2-3-17-26-21-13-9-19(10-14-21)6-5-18-7-11-20(12-8-18)25-22-23-15-4-16-24-22/h7-14H,2-6,15-17H2,1H3,(H2,23,24,25). The number of rotatable bonds is 8. The van der Waals surface area contributed by atoms with Gasteiger partial charge in [0.25, 0.3) is 0 Å². The number of guanidine groups is 1. The summed E-state index contributed by atoms with van der Waals surface area (Å²) in [6, 6.07) is 17.0. The van der Waals surface area contributed by atoms with E-state index in [1.54, 1.807) is 0 Å². The number of unbranched alkanes of at least 4 members (excludes halogenated alkanes) is 1. The zero-order valence-corrected chi connectivity index (χ0v) is 15.6. The van der Waals surface area contributed by atoms with Crippen molar-refractivity contribution >= 4 is 11.6 Å². The average Bonchev–Trinajstić information content (AvgIpc) is 2.69. The number of ether oxygens (including phenoxy) is 1. The quantitative estimate of drug-likeness (QED) is 0.700. The number of aliphatic imine (C=N–C) groups is 1. The summed E-state index contributed by atoms with van der Waals surface area (Å²) in [5, 5.41) is 6.56. The molecule has 0 bridgehead atoms. The van der Waals surface area contributed by atoms with Gasteiger partial charge in [0.2, 0.25) is 0 Å². The zero-order chi connectivity index (χ0) is 18.0. The minimum absolute atomic E-state index is 0.803. The van der Waals surface area contributed by atoms with Crippen molar-refractivity contribution in [2.24, 2.45) is 4.99 Å². The second-order valence-corrected chi connectivity index (χ2v) is 6.68. The molecule has 0 aliphatic carbocycles. The Kier molecular flexibility index (Phi) is 6.94. The molecule has 138 valence electrons. The summed E-state index contributed by atoms with van der Waals surface area (Å²) in [7, 11) is 0. The van der Waals surface area contributed by atoms with Gasteiger partial charge in [-0.05, 0) is 61.1 Å². The first-order chi connectivity index (χ1) is 12.8. The summed E-state index contributed by atoms with van der Waals surface area (Å²) < 4.78 is 5.72. The lowest BCUT2D eigenvalue weighted by molar-refractivity contribution is 0.309. The number of hydrogen-bond acceptors (Lipinski definition) is 2. The Morgan fingerprint density at radius 3 is 2.12 bits per heavy atom. The molecule has 0 atom stereocenters. The van der Waals surface area contributed by atoms with E-state index in [0.717, 1.165) is 69.2 Å². The minimum atomic E-state index is 0.803. The molecular weight excluding hydrogens is 322 g/mol. The molecule has 1 saturated heterocycles. The fourth-order valence-electron chi connectivity index (χ4n) is 2.89. The van der Waals surface area contributed by atoms with Crippen LogP contribution in [0.4, 0.5) is 5.69 Å². The van der Waals surface area contributed by atoms with E-state index in [1.165, 1.54) is 11.1 Å². The maximum Gasteiger partial charge on any atom is 0.196 e. The molecule has 1 fully saturated rings. The van der Waals surface area contributed by atoms with Gasteiger partial charge in [-0.1, -0.05) is 37.6 Å². The van der Waals surface area contributed by atoms with Gasteiger partial charge in [-0.3, -0.25) is 0 Å². The summed E-state index contributed by atoms with van der Waals surface area (Å²) in [5.74, 6) is 1.85. The van der Waals surface area contributed by atoms with E-state index in [0.29, 0.717) is 0 Å². The van der Waals surface area contributed by atoms with Crippen molar-refractivity contribution in [1.29, 1.82) is 0 Å². The molecule has 2 aromatic rings. The SMILES string of the molecule is CCCCOc1ccc(CCc2ccc(N=C3NCCCN3)cc2)cc1. The summed E-state index contributed by atoms with van der Waals surface area (Å²) in [6.07, 6.45) is 5.48. The first-order valence-electron chi connectivity index (χ1n) is 9.70. The lowest BCUT2D eigenvalue weighted by Gasteiger charge is -2.17. The predicted octanol–water partition coefficient (Wildman–Crippen LogP) is 4.22. The molecule has 0 spiro atoms. The maximum absolute atomic E-state index is 5.72. The first-order valence-corrected chi connectivity index (χ1v) is 9.70. The van der Waals surface area contributed by atoms with E-state index in [2.05, 4.69) is 71.1 Å². The van der Waals surface area contributed by atoms with Crippen molar-refractivity contribution in [2.45, 2.75) is 39.0 Å². The van der Waals surface area contributed by atoms with Crippen LogP contribution in [0, 0.1) is 0 Å².